The van der Waals surface area contributed by atoms with Crippen LogP contribution in [0.15, 0.2) is 35.1 Å². The molecule has 0 aliphatic heterocycles. The lowest BCUT2D eigenvalue weighted by atomic mass is 10.1. The van der Waals surface area contributed by atoms with Crippen molar-refractivity contribution in [3.8, 4) is 5.75 Å². The fourth-order valence-corrected chi connectivity index (χ4v) is 2.37. The Kier molecular flexibility index (Phi) is 1.94. The fraction of sp³-hybridized carbons (Fsp3) is 0.0833. The molecule has 0 spiro atoms. The number of phenols is 1. The van der Waals surface area contributed by atoms with Crippen LogP contribution in [0.5, 0.6) is 5.75 Å². The van der Waals surface area contributed by atoms with Crippen LogP contribution in [0.25, 0.3) is 16.6 Å². The summed E-state index contributed by atoms with van der Waals surface area (Å²) in [5, 5.41) is 10.7. The third-order valence-corrected chi connectivity index (χ3v) is 3.10. The number of benzene rings is 1. The summed E-state index contributed by atoms with van der Waals surface area (Å²) in [6, 6.07) is 7.41. The van der Waals surface area contributed by atoms with Crippen molar-refractivity contribution in [2.45, 2.75) is 6.92 Å². The quantitative estimate of drug-likeness (QED) is 0.684. The van der Waals surface area contributed by atoms with E-state index in [-0.39, 0.29) is 5.75 Å². The number of aromatic nitrogens is 2. The molecule has 0 aliphatic rings. The Morgan fingerprint density at radius 1 is 1.31 bits per heavy atom. The Hall–Kier alpha value is -1.55. The first-order valence-corrected chi connectivity index (χ1v) is 5.71. The zero-order chi connectivity index (χ0) is 11.3. The summed E-state index contributed by atoms with van der Waals surface area (Å²) < 4.78 is 2.76. The number of aromatic hydroxyl groups is 1. The van der Waals surface area contributed by atoms with Gasteiger partial charge in [-0.25, -0.2) is 4.98 Å². The minimum absolute atomic E-state index is 0.268. The van der Waals surface area contributed by atoms with Gasteiger partial charge in [-0.1, -0.05) is 0 Å². The lowest BCUT2D eigenvalue weighted by Gasteiger charge is -2.05. The van der Waals surface area contributed by atoms with Gasteiger partial charge in [0.25, 0.3) is 0 Å². The molecule has 0 radical (unpaired) electrons. The maximum Gasteiger partial charge on any atom is 0.138 e. The highest BCUT2D eigenvalue weighted by Gasteiger charge is 2.06. The van der Waals surface area contributed by atoms with Gasteiger partial charge in [0, 0.05) is 17.6 Å². The molecule has 0 saturated carbocycles. The number of imidazole rings is 1. The summed E-state index contributed by atoms with van der Waals surface area (Å²) in [5.74, 6) is 0.268. The van der Waals surface area contributed by atoms with Gasteiger partial charge in [-0.05, 0) is 46.6 Å². The van der Waals surface area contributed by atoms with Crippen LogP contribution in [0.1, 0.15) is 5.56 Å². The number of pyridine rings is 1. The first-order valence-electron chi connectivity index (χ1n) is 4.92. The van der Waals surface area contributed by atoms with E-state index in [1.54, 1.807) is 12.1 Å². The Balaban J connectivity index is 2.60. The molecule has 2 aromatic heterocycles. The van der Waals surface area contributed by atoms with Gasteiger partial charge in [-0.2, -0.15) is 0 Å². The monoisotopic (exact) mass is 276 g/mol. The predicted octanol–water partition coefficient (Wildman–Crippen LogP) is 3.26. The van der Waals surface area contributed by atoms with Crippen molar-refractivity contribution in [3.63, 3.8) is 0 Å². The minimum atomic E-state index is 0.268. The molecule has 3 nitrogen and oxygen atoms in total. The van der Waals surface area contributed by atoms with Gasteiger partial charge in [-0.15, -0.1) is 0 Å². The number of rotatable bonds is 0. The first kappa shape index (κ1) is 9.66. The van der Waals surface area contributed by atoms with Crippen molar-refractivity contribution in [2.75, 3.05) is 0 Å². The van der Waals surface area contributed by atoms with Gasteiger partial charge in [0.15, 0.2) is 0 Å². The van der Waals surface area contributed by atoms with E-state index in [2.05, 4.69) is 20.9 Å². The van der Waals surface area contributed by atoms with Gasteiger partial charge >= 0.3 is 0 Å². The van der Waals surface area contributed by atoms with Crippen LogP contribution >= 0.6 is 15.9 Å². The second kappa shape index (κ2) is 3.22. The normalized spacial score (nSPS) is 11.4. The summed E-state index contributed by atoms with van der Waals surface area (Å²) >= 11 is 3.36. The van der Waals surface area contributed by atoms with Crippen LogP contribution in [-0.4, -0.2) is 14.5 Å². The minimum Gasteiger partial charge on any atom is -0.508 e. The number of hydrogen-bond donors (Lipinski definition) is 1. The smallest absolute Gasteiger partial charge is 0.138 e. The van der Waals surface area contributed by atoms with Crippen LogP contribution in [0, 0.1) is 6.92 Å². The second-order valence-electron chi connectivity index (χ2n) is 3.82. The van der Waals surface area contributed by atoms with Gasteiger partial charge in [-0.3, -0.25) is 4.40 Å². The lowest BCUT2D eigenvalue weighted by molar-refractivity contribution is 0.476. The van der Waals surface area contributed by atoms with Gasteiger partial charge in [0.1, 0.15) is 16.0 Å². The number of hydrogen-bond acceptors (Lipinski definition) is 2. The second-order valence-corrected chi connectivity index (χ2v) is 4.63. The summed E-state index contributed by atoms with van der Waals surface area (Å²) in [5.41, 5.74) is 3.00. The maximum absolute atomic E-state index is 9.54. The van der Waals surface area contributed by atoms with E-state index in [1.165, 1.54) is 0 Å². The van der Waals surface area contributed by atoms with Crippen LogP contribution < -0.4 is 0 Å². The van der Waals surface area contributed by atoms with E-state index < -0.39 is 0 Å². The zero-order valence-electron chi connectivity index (χ0n) is 8.61. The average Bonchev–Trinajstić information content (AvgIpc) is 2.59. The number of halogens is 1. The Bertz CT molecular complexity index is 703. The topological polar surface area (TPSA) is 37.5 Å². The molecule has 1 N–H and O–H groups in total. The highest BCUT2D eigenvalue weighted by molar-refractivity contribution is 9.10. The number of nitrogens with zero attached hydrogens (tertiary/aromatic N) is 2. The van der Waals surface area contributed by atoms with E-state index in [0.717, 1.165) is 26.7 Å². The standard InChI is InChI=1S/C12H9BrN2O/c1-7-4-12-14-11(13)6-15(12)10-5-8(16)2-3-9(7)10/h2-6,16H,1H3. The summed E-state index contributed by atoms with van der Waals surface area (Å²) in [7, 11) is 0. The average molecular weight is 277 g/mol. The Morgan fingerprint density at radius 3 is 2.94 bits per heavy atom. The zero-order valence-corrected chi connectivity index (χ0v) is 10.2. The third-order valence-electron chi connectivity index (χ3n) is 2.72. The van der Waals surface area contributed by atoms with E-state index in [1.807, 2.05) is 29.7 Å². The van der Waals surface area contributed by atoms with Crippen molar-refractivity contribution in [2.24, 2.45) is 0 Å². The third kappa shape index (κ3) is 1.30. The molecule has 0 unspecified atom stereocenters. The van der Waals surface area contributed by atoms with Gasteiger partial charge in [0.2, 0.25) is 0 Å². The summed E-state index contributed by atoms with van der Waals surface area (Å²) in [6.45, 7) is 2.04. The number of fused-ring (bicyclic) bond motifs is 3. The van der Waals surface area contributed by atoms with Crippen LogP contribution in [0.2, 0.25) is 0 Å². The molecule has 1 aromatic carbocycles. The number of aryl methyl sites for hydroxylation is 1. The van der Waals surface area contributed by atoms with Crippen molar-refractivity contribution < 1.29 is 5.11 Å². The molecule has 0 amide bonds. The van der Waals surface area contributed by atoms with Crippen LogP contribution in [-0.2, 0) is 0 Å². The molecular weight excluding hydrogens is 268 g/mol. The molecule has 16 heavy (non-hydrogen) atoms. The molecule has 0 atom stereocenters. The van der Waals surface area contributed by atoms with Crippen molar-refractivity contribution in [3.05, 3.63) is 40.6 Å². The molecule has 0 bridgehead atoms. The summed E-state index contributed by atoms with van der Waals surface area (Å²) in [4.78, 5) is 4.35. The molecule has 0 fully saturated rings. The number of phenolic OH excluding ortho intramolecular Hbond substituents is 1. The molecule has 0 saturated heterocycles. The van der Waals surface area contributed by atoms with Crippen molar-refractivity contribution >= 4 is 32.5 Å². The van der Waals surface area contributed by atoms with Crippen molar-refractivity contribution in [1.29, 1.82) is 0 Å². The van der Waals surface area contributed by atoms with Crippen LogP contribution in [0.4, 0.5) is 0 Å². The molecule has 3 aromatic rings. The van der Waals surface area contributed by atoms with E-state index in [4.69, 9.17) is 0 Å². The van der Waals surface area contributed by atoms with E-state index in [9.17, 15) is 5.11 Å². The summed E-state index contributed by atoms with van der Waals surface area (Å²) in [6.07, 6.45) is 1.90. The van der Waals surface area contributed by atoms with Crippen LogP contribution in [0.3, 0.4) is 0 Å². The molecule has 0 aliphatic carbocycles. The molecule has 4 heteroatoms. The maximum atomic E-state index is 9.54. The highest BCUT2D eigenvalue weighted by atomic mass is 79.9. The fourth-order valence-electron chi connectivity index (χ4n) is 1.98. The molecule has 80 valence electrons. The predicted molar refractivity (Wildman–Crippen MR) is 66.8 cm³/mol. The van der Waals surface area contributed by atoms with Gasteiger partial charge in [0.05, 0.1) is 5.52 Å². The van der Waals surface area contributed by atoms with E-state index >= 15 is 0 Å². The Labute approximate surface area is 100 Å². The lowest BCUT2D eigenvalue weighted by Crippen LogP contribution is -1.89. The SMILES string of the molecule is Cc1cc2nc(Br)cn2c2cc(O)ccc12. The van der Waals surface area contributed by atoms with Crippen molar-refractivity contribution in [1.82, 2.24) is 9.38 Å². The largest absolute Gasteiger partial charge is 0.508 e. The molecule has 3 rings (SSSR count). The molecular formula is C12H9BrN2O. The first-order chi connectivity index (χ1) is 7.65. The molecule has 2 heterocycles. The van der Waals surface area contributed by atoms with E-state index in [0.29, 0.717) is 0 Å². The highest BCUT2D eigenvalue weighted by Crippen LogP contribution is 2.25. The Morgan fingerprint density at radius 2 is 2.12 bits per heavy atom. The van der Waals surface area contributed by atoms with Gasteiger partial charge < -0.3 is 5.11 Å².